The summed E-state index contributed by atoms with van der Waals surface area (Å²) < 4.78 is 41.3. The fourth-order valence-corrected chi connectivity index (χ4v) is 1.81. The van der Waals surface area contributed by atoms with Crippen LogP contribution in [0, 0.1) is 0 Å². The molecule has 0 aromatic heterocycles. The number of hydrogen-bond acceptors (Lipinski definition) is 2. The second-order valence-electron chi connectivity index (χ2n) is 3.97. The largest absolute Gasteiger partial charge is 0.389 e. The van der Waals surface area contributed by atoms with E-state index in [4.69, 9.17) is 4.74 Å². The van der Waals surface area contributed by atoms with Crippen LogP contribution in [0.15, 0.2) is 0 Å². The molecule has 2 nitrogen and oxygen atoms in total. The molecule has 0 aromatic rings. The number of alkyl halides is 3. The average molecular weight is 241 g/mol. The molecule has 1 N–H and O–H groups in total. The van der Waals surface area contributed by atoms with Crippen LogP contribution in [0.5, 0.6) is 0 Å². The van der Waals surface area contributed by atoms with Gasteiger partial charge in [0.25, 0.3) is 0 Å². The van der Waals surface area contributed by atoms with E-state index in [0.29, 0.717) is 6.42 Å². The van der Waals surface area contributed by atoms with E-state index in [1.165, 1.54) is 0 Å². The summed E-state index contributed by atoms with van der Waals surface area (Å²) in [4.78, 5) is 0. The lowest BCUT2D eigenvalue weighted by molar-refractivity contribution is -0.136. The molecule has 0 aliphatic rings. The molecular formula is C11H22F3NO. The highest BCUT2D eigenvalue weighted by atomic mass is 19.4. The van der Waals surface area contributed by atoms with Gasteiger partial charge in [-0.2, -0.15) is 13.2 Å². The molecule has 0 heterocycles. The van der Waals surface area contributed by atoms with E-state index < -0.39 is 12.6 Å². The van der Waals surface area contributed by atoms with Gasteiger partial charge in [-0.25, -0.2) is 0 Å². The van der Waals surface area contributed by atoms with Gasteiger partial charge in [-0.1, -0.05) is 13.3 Å². The normalized spacial score (nSPS) is 16.1. The summed E-state index contributed by atoms with van der Waals surface area (Å²) in [6, 6.07) is 0.00676. The summed E-state index contributed by atoms with van der Waals surface area (Å²) in [6.07, 6.45) is -2.28. The molecular weight excluding hydrogens is 219 g/mol. The number of rotatable bonds is 8. The van der Waals surface area contributed by atoms with Crippen molar-refractivity contribution < 1.29 is 17.9 Å². The fourth-order valence-electron chi connectivity index (χ4n) is 1.81. The maximum atomic E-state index is 12.0. The van der Waals surface area contributed by atoms with Crippen LogP contribution in [0.4, 0.5) is 13.2 Å². The van der Waals surface area contributed by atoms with Crippen molar-refractivity contribution in [3.05, 3.63) is 0 Å². The summed E-state index contributed by atoms with van der Waals surface area (Å²) in [5, 5.41) is 3.03. The molecule has 0 saturated carbocycles. The van der Waals surface area contributed by atoms with Gasteiger partial charge in [0.1, 0.15) is 0 Å². The van der Waals surface area contributed by atoms with Gasteiger partial charge in [0.15, 0.2) is 0 Å². The maximum Gasteiger partial charge on any atom is 0.389 e. The summed E-state index contributed by atoms with van der Waals surface area (Å²) in [6.45, 7) is 2.04. The lowest BCUT2D eigenvalue weighted by atomic mass is 10.0. The molecule has 0 spiro atoms. The average Bonchev–Trinajstić information content (AvgIpc) is 2.20. The molecule has 98 valence electrons. The molecule has 0 amide bonds. The van der Waals surface area contributed by atoms with E-state index in [2.05, 4.69) is 5.32 Å². The molecule has 0 radical (unpaired) electrons. The number of likely N-dealkylation sites (N-methyl/N-ethyl adjacent to an activating group) is 1. The standard InChI is InChI=1S/C11H22F3NO/c1-4-6-10(16-3)9(15-2)7-5-8-11(12,13)14/h9-10,15H,4-8H2,1-3H3. The summed E-state index contributed by atoms with van der Waals surface area (Å²) in [5.41, 5.74) is 0. The smallest absolute Gasteiger partial charge is 0.380 e. The summed E-state index contributed by atoms with van der Waals surface area (Å²) >= 11 is 0. The lowest BCUT2D eigenvalue weighted by Crippen LogP contribution is -2.39. The molecule has 0 aromatic carbocycles. The molecule has 0 aliphatic heterocycles. The van der Waals surface area contributed by atoms with Crippen molar-refractivity contribution in [1.82, 2.24) is 5.32 Å². The first kappa shape index (κ1) is 15.7. The highest BCUT2D eigenvalue weighted by Crippen LogP contribution is 2.23. The third kappa shape index (κ3) is 7.06. The predicted octanol–water partition coefficient (Wildman–Crippen LogP) is 3.12. The molecule has 0 rings (SSSR count). The molecule has 5 heteroatoms. The minimum absolute atomic E-state index is 0.00299. The van der Waals surface area contributed by atoms with Crippen LogP contribution < -0.4 is 5.32 Å². The zero-order valence-corrected chi connectivity index (χ0v) is 10.2. The van der Waals surface area contributed by atoms with E-state index >= 15 is 0 Å². The Hall–Kier alpha value is -0.290. The van der Waals surface area contributed by atoms with Crippen molar-refractivity contribution in [3.8, 4) is 0 Å². The summed E-state index contributed by atoms with van der Waals surface area (Å²) in [5.74, 6) is 0. The zero-order valence-electron chi connectivity index (χ0n) is 10.2. The van der Waals surface area contributed by atoms with E-state index in [1.54, 1.807) is 14.2 Å². The van der Waals surface area contributed by atoms with Crippen molar-refractivity contribution in [2.45, 2.75) is 57.3 Å². The Labute approximate surface area is 95.5 Å². The van der Waals surface area contributed by atoms with E-state index in [-0.39, 0.29) is 18.6 Å². The quantitative estimate of drug-likeness (QED) is 0.705. The fraction of sp³-hybridized carbons (Fsp3) is 1.00. The monoisotopic (exact) mass is 241 g/mol. The van der Waals surface area contributed by atoms with Gasteiger partial charge in [-0.3, -0.25) is 0 Å². The molecule has 0 bridgehead atoms. The van der Waals surface area contributed by atoms with Crippen LogP contribution in [0.25, 0.3) is 0 Å². The van der Waals surface area contributed by atoms with Crippen LogP contribution in [0.1, 0.15) is 39.0 Å². The van der Waals surface area contributed by atoms with Gasteiger partial charge in [0, 0.05) is 19.6 Å². The Morgan fingerprint density at radius 2 is 1.88 bits per heavy atom. The van der Waals surface area contributed by atoms with Crippen molar-refractivity contribution in [3.63, 3.8) is 0 Å². The topological polar surface area (TPSA) is 21.3 Å². The minimum atomic E-state index is -4.05. The summed E-state index contributed by atoms with van der Waals surface area (Å²) in [7, 11) is 3.37. The highest BCUT2D eigenvalue weighted by molar-refractivity contribution is 4.75. The first-order chi connectivity index (χ1) is 7.44. The van der Waals surface area contributed by atoms with Crippen molar-refractivity contribution in [2.75, 3.05) is 14.2 Å². The van der Waals surface area contributed by atoms with Crippen LogP contribution in [0.3, 0.4) is 0 Å². The van der Waals surface area contributed by atoms with Crippen LogP contribution in [-0.2, 0) is 4.74 Å². The number of halogens is 3. The Kier molecular flexibility index (Phi) is 7.76. The van der Waals surface area contributed by atoms with Crippen LogP contribution in [0.2, 0.25) is 0 Å². The van der Waals surface area contributed by atoms with Crippen molar-refractivity contribution >= 4 is 0 Å². The van der Waals surface area contributed by atoms with Gasteiger partial charge in [0.2, 0.25) is 0 Å². The third-order valence-corrected chi connectivity index (χ3v) is 2.67. The second kappa shape index (κ2) is 7.90. The molecule has 2 unspecified atom stereocenters. The molecule has 0 saturated heterocycles. The van der Waals surface area contributed by atoms with Gasteiger partial charge in [0.05, 0.1) is 6.10 Å². The van der Waals surface area contributed by atoms with Gasteiger partial charge in [-0.05, 0) is 26.3 Å². The predicted molar refractivity (Wildman–Crippen MR) is 58.5 cm³/mol. The van der Waals surface area contributed by atoms with Gasteiger partial charge < -0.3 is 10.1 Å². The van der Waals surface area contributed by atoms with Crippen LogP contribution >= 0.6 is 0 Å². The Bertz CT molecular complexity index is 173. The maximum absolute atomic E-state index is 12.0. The molecule has 0 fully saturated rings. The molecule has 2 atom stereocenters. The highest BCUT2D eigenvalue weighted by Gasteiger charge is 2.27. The van der Waals surface area contributed by atoms with E-state index in [1.807, 2.05) is 6.92 Å². The number of methoxy groups -OCH3 is 1. The Balaban J connectivity index is 3.98. The van der Waals surface area contributed by atoms with Crippen molar-refractivity contribution in [1.29, 1.82) is 0 Å². The molecule has 16 heavy (non-hydrogen) atoms. The SMILES string of the molecule is CCCC(OC)C(CCCC(F)(F)F)NC. The van der Waals surface area contributed by atoms with Crippen LogP contribution in [-0.4, -0.2) is 32.5 Å². The number of ether oxygens (including phenoxy) is 1. The van der Waals surface area contributed by atoms with Gasteiger partial charge in [-0.15, -0.1) is 0 Å². The lowest BCUT2D eigenvalue weighted by Gasteiger charge is -2.25. The number of hydrogen-bond donors (Lipinski definition) is 1. The Morgan fingerprint density at radius 1 is 1.25 bits per heavy atom. The van der Waals surface area contributed by atoms with Gasteiger partial charge >= 0.3 is 6.18 Å². The first-order valence-corrected chi connectivity index (χ1v) is 5.71. The number of nitrogens with one attached hydrogen (secondary N) is 1. The van der Waals surface area contributed by atoms with Crippen molar-refractivity contribution in [2.24, 2.45) is 0 Å². The van der Waals surface area contributed by atoms with E-state index in [9.17, 15) is 13.2 Å². The first-order valence-electron chi connectivity index (χ1n) is 5.71. The third-order valence-electron chi connectivity index (χ3n) is 2.67. The zero-order chi connectivity index (χ0) is 12.6. The minimum Gasteiger partial charge on any atom is -0.380 e. The second-order valence-corrected chi connectivity index (χ2v) is 3.97. The Morgan fingerprint density at radius 3 is 2.25 bits per heavy atom. The molecule has 0 aliphatic carbocycles. The van der Waals surface area contributed by atoms with E-state index in [0.717, 1.165) is 12.8 Å².